The van der Waals surface area contributed by atoms with Crippen molar-refractivity contribution in [2.75, 3.05) is 5.73 Å². The van der Waals surface area contributed by atoms with Gasteiger partial charge in [-0.2, -0.15) is 0 Å². The second kappa shape index (κ2) is 5.90. The monoisotopic (exact) mass is 387 g/mol. The third-order valence-corrected chi connectivity index (χ3v) is 3.93. The van der Waals surface area contributed by atoms with Gasteiger partial charge in [0.15, 0.2) is 17.4 Å². The van der Waals surface area contributed by atoms with Crippen LogP contribution in [0.1, 0.15) is 19.5 Å². The fourth-order valence-electron chi connectivity index (χ4n) is 1.81. The number of phenols is 1. The molecule has 0 aliphatic heterocycles. The maximum absolute atomic E-state index is 13.4. The summed E-state index contributed by atoms with van der Waals surface area (Å²) in [6.07, 6.45) is 0.776. The zero-order valence-electron chi connectivity index (χ0n) is 11.2. The molecule has 0 fully saturated rings. The van der Waals surface area contributed by atoms with E-state index < -0.39 is 11.6 Å². The van der Waals surface area contributed by atoms with Gasteiger partial charge in [-0.15, -0.1) is 0 Å². The summed E-state index contributed by atoms with van der Waals surface area (Å²) >= 11 is 2.12. The number of nitrogens with zero attached hydrogens (tertiary/aromatic N) is 2. The van der Waals surface area contributed by atoms with E-state index in [9.17, 15) is 9.50 Å². The molecule has 0 unspecified atom stereocenters. The standard InChI is InChI=1S/C14H15FIN3O/c1-7(2)5-10-12(16)13(17)19-14(18-10)8-3-4-11(20)9(15)6-8/h3-4,6-7,20H,5H2,1-2H3,(H2,17,18,19). The number of rotatable bonds is 3. The second-order valence-corrected chi connectivity index (χ2v) is 6.04. The lowest BCUT2D eigenvalue weighted by atomic mass is 10.1. The number of benzene rings is 1. The third kappa shape index (κ3) is 3.17. The number of nitrogen functional groups attached to an aromatic ring is 1. The number of halogens is 2. The Labute approximate surface area is 130 Å². The fraction of sp³-hybridized carbons (Fsp3) is 0.286. The van der Waals surface area contributed by atoms with Crippen LogP contribution >= 0.6 is 22.6 Å². The van der Waals surface area contributed by atoms with Crippen LogP contribution in [0, 0.1) is 15.3 Å². The molecule has 0 radical (unpaired) electrons. The van der Waals surface area contributed by atoms with Gasteiger partial charge in [-0.05, 0) is 53.1 Å². The van der Waals surface area contributed by atoms with Crippen molar-refractivity contribution < 1.29 is 9.50 Å². The van der Waals surface area contributed by atoms with Crippen LogP contribution in [-0.4, -0.2) is 15.1 Å². The summed E-state index contributed by atoms with van der Waals surface area (Å²) in [5, 5.41) is 9.22. The van der Waals surface area contributed by atoms with Crippen LogP contribution in [0.25, 0.3) is 11.4 Å². The molecule has 0 aliphatic carbocycles. The van der Waals surface area contributed by atoms with E-state index in [0.29, 0.717) is 23.1 Å². The minimum atomic E-state index is -0.700. The van der Waals surface area contributed by atoms with Crippen LogP contribution in [0.5, 0.6) is 5.75 Å². The molecule has 20 heavy (non-hydrogen) atoms. The van der Waals surface area contributed by atoms with E-state index in [1.165, 1.54) is 12.1 Å². The predicted molar refractivity (Wildman–Crippen MR) is 84.8 cm³/mol. The average Bonchev–Trinajstić information content (AvgIpc) is 2.37. The van der Waals surface area contributed by atoms with Gasteiger partial charge in [0.2, 0.25) is 0 Å². The van der Waals surface area contributed by atoms with Gasteiger partial charge in [-0.1, -0.05) is 13.8 Å². The number of aromatic hydroxyl groups is 1. The highest BCUT2D eigenvalue weighted by atomic mass is 127. The van der Waals surface area contributed by atoms with Gasteiger partial charge >= 0.3 is 0 Å². The summed E-state index contributed by atoms with van der Waals surface area (Å²) in [7, 11) is 0. The molecule has 0 spiro atoms. The van der Waals surface area contributed by atoms with Crippen molar-refractivity contribution in [1.29, 1.82) is 0 Å². The van der Waals surface area contributed by atoms with E-state index in [1.54, 1.807) is 6.07 Å². The topological polar surface area (TPSA) is 72.0 Å². The minimum Gasteiger partial charge on any atom is -0.505 e. The first kappa shape index (κ1) is 15.0. The first-order valence-corrected chi connectivity index (χ1v) is 7.27. The van der Waals surface area contributed by atoms with Gasteiger partial charge in [0.05, 0.1) is 9.26 Å². The Morgan fingerprint density at radius 1 is 1.35 bits per heavy atom. The molecule has 0 aliphatic rings. The largest absolute Gasteiger partial charge is 0.505 e. The van der Waals surface area contributed by atoms with Crippen molar-refractivity contribution in [3.63, 3.8) is 0 Å². The second-order valence-electron chi connectivity index (χ2n) is 4.96. The molecular weight excluding hydrogens is 372 g/mol. The van der Waals surface area contributed by atoms with Crippen LogP contribution in [0.2, 0.25) is 0 Å². The molecule has 1 aromatic carbocycles. The number of hydrogen-bond acceptors (Lipinski definition) is 4. The summed E-state index contributed by atoms with van der Waals surface area (Å²) in [6, 6.07) is 4.06. The van der Waals surface area contributed by atoms with E-state index in [2.05, 4.69) is 46.4 Å². The normalized spacial score (nSPS) is 11.1. The van der Waals surface area contributed by atoms with Crippen LogP contribution in [0.3, 0.4) is 0 Å². The average molecular weight is 387 g/mol. The molecule has 4 nitrogen and oxygen atoms in total. The highest BCUT2D eigenvalue weighted by Gasteiger charge is 2.14. The molecular formula is C14H15FIN3O. The zero-order chi connectivity index (χ0) is 14.9. The number of phenolic OH excluding ortho intramolecular Hbond substituents is 1. The molecule has 1 heterocycles. The van der Waals surface area contributed by atoms with Crippen molar-refractivity contribution in [3.8, 4) is 17.1 Å². The number of nitrogens with two attached hydrogens (primary N) is 1. The SMILES string of the molecule is CC(C)Cc1nc(-c2ccc(O)c(F)c2)nc(N)c1I. The molecule has 0 atom stereocenters. The number of hydrogen-bond donors (Lipinski definition) is 2. The summed E-state index contributed by atoms with van der Waals surface area (Å²) in [6.45, 7) is 4.18. The zero-order valence-corrected chi connectivity index (χ0v) is 13.3. The Balaban J connectivity index is 2.51. The molecule has 106 valence electrons. The van der Waals surface area contributed by atoms with Gasteiger partial charge in [-0.25, -0.2) is 14.4 Å². The van der Waals surface area contributed by atoms with Crippen LogP contribution in [0.4, 0.5) is 10.2 Å². The van der Waals surface area contributed by atoms with Gasteiger partial charge in [0, 0.05) is 5.56 Å². The maximum Gasteiger partial charge on any atom is 0.165 e. The van der Waals surface area contributed by atoms with E-state index in [0.717, 1.165) is 15.7 Å². The fourth-order valence-corrected chi connectivity index (χ4v) is 2.27. The number of aromatic nitrogens is 2. The molecule has 2 aromatic rings. The first-order valence-electron chi connectivity index (χ1n) is 6.19. The first-order chi connectivity index (χ1) is 9.38. The van der Waals surface area contributed by atoms with Crippen molar-refractivity contribution in [3.05, 3.63) is 33.3 Å². The third-order valence-electron chi connectivity index (χ3n) is 2.75. The Bertz CT molecular complexity index is 647. The predicted octanol–water partition coefficient (Wildman–Crippen LogP) is 3.37. The smallest absolute Gasteiger partial charge is 0.165 e. The van der Waals surface area contributed by atoms with Gasteiger partial charge < -0.3 is 10.8 Å². The Morgan fingerprint density at radius 2 is 2.05 bits per heavy atom. The molecule has 0 amide bonds. The Kier molecular flexibility index (Phi) is 4.42. The highest BCUT2D eigenvalue weighted by Crippen LogP contribution is 2.26. The maximum atomic E-state index is 13.4. The lowest BCUT2D eigenvalue weighted by Gasteiger charge is -2.11. The van der Waals surface area contributed by atoms with Crippen LogP contribution < -0.4 is 5.73 Å². The molecule has 2 rings (SSSR count). The summed E-state index contributed by atoms with van der Waals surface area (Å²) in [5.74, 6) is 0.0997. The van der Waals surface area contributed by atoms with Crippen LogP contribution in [0.15, 0.2) is 18.2 Å². The van der Waals surface area contributed by atoms with E-state index in [-0.39, 0.29) is 0 Å². The lowest BCUT2D eigenvalue weighted by Crippen LogP contribution is -2.07. The van der Waals surface area contributed by atoms with Crippen LogP contribution in [-0.2, 0) is 6.42 Å². The van der Waals surface area contributed by atoms with Gasteiger partial charge in [0.25, 0.3) is 0 Å². The molecule has 3 N–H and O–H groups in total. The van der Waals surface area contributed by atoms with Crippen molar-refractivity contribution >= 4 is 28.4 Å². The molecule has 6 heteroatoms. The van der Waals surface area contributed by atoms with Gasteiger partial charge in [0.1, 0.15) is 5.82 Å². The highest BCUT2D eigenvalue weighted by molar-refractivity contribution is 14.1. The van der Waals surface area contributed by atoms with Crippen molar-refractivity contribution in [2.45, 2.75) is 20.3 Å². The molecule has 0 saturated heterocycles. The summed E-state index contributed by atoms with van der Waals surface area (Å²) in [5.41, 5.74) is 7.25. The minimum absolute atomic E-state index is 0.373. The molecule has 1 aromatic heterocycles. The van der Waals surface area contributed by atoms with E-state index in [4.69, 9.17) is 5.73 Å². The van der Waals surface area contributed by atoms with E-state index in [1.807, 2.05) is 0 Å². The summed E-state index contributed by atoms with van der Waals surface area (Å²) in [4.78, 5) is 8.66. The Hall–Kier alpha value is -1.44. The summed E-state index contributed by atoms with van der Waals surface area (Å²) < 4.78 is 14.2. The van der Waals surface area contributed by atoms with Crippen molar-refractivity contribution in [1.82, 2.24) is 9.97 Å². The molecule has 0 saturated carbocycles. The van der Waals surface area contributed by atoms with Gasteiger partial charge in [-0.3, -0.25) is 0 Å². The van der Waals surface area contributed by atoms with E-state index >= 15 is 0 Å². The Morgan fingerprint density at radius 3 is 2.65 bits per heavy atom. The molecule has 0 bridgehead atoms. The quantitative estimate of drug-likeness (QED) is 0.793. The number of anilines is 1. The van der Waals surface area contributed by atoms with Crippen molar-refractivity contribution in [2.24, 2.45) is 5.92 Å². The lowest BCUT2D eigenvalue weighted by molar-refractivity contribution is 0.432.